The third-order valence-electron chi connectivity index (χ3n) is 3.05. The lowest BCUT2D eigenvalue weighted by molar-refractivity contribution is -0.00842. The number of hydrogen-bond donors (Lipinski definition) is 2. The Balaban J connectivity index is 3.54. The number of nitrogens with one attached hydrogen (secondary N) is 1. The molecule has 0 bridgehead atoms. The van der Waals surface area contributed by atoms with E-state index in [1.807, 2.05) is 13.8 Å². The fourth-order valence-corrected chi connectivity index (χ4v) is 2.26. The molecule has 0 radical (unpaired) electrons. The first-order valence-corrected chi connectivity index (χ1v) is 8.77. The molecule has 116 valence electrons. The van der Waals surface area contributed by atoms with Gasteiger partial charge in [-0.2, -0.15) is 0 Å². The average Bonchev–Trinajstić information content (AvgIpc) is 2.30. The van der Waals surface area contributed by atoms with Gasteiger partial charge in [0.05, 0.1) is 18.8 Å². The maximum absolute atomic E-state index is 11.2. The summed E-state index contributed by atoms with van der Waals surface area (Å²) in [7, 11) is -0.767. The Bertz CT molecular complexity index is 249. The first kappa shape index (κ1) is 19.0. The van der Waals surface area contributed by atoms with Crippen molar-refractivity contribution in [2.24, 2.45) is 5.92 Å². The van der Waals surface area contributed by atoms with Crippen molar-refractivity contribution < 1.29 is 14.1 Å². The molecule has 2 N–H and O–H groups in total. The Hall–Kier alpha value is 0.0300. The van der Waals surface area contributed by atoms with Gasteiger partial charge < -0.3 is 15.2 Å². The Labute approximate surface area is 120 Å². The largest absolute Gasteiger partial charge is 0.389 e. The summed E-state index contributed by atoms with van der Waals surface area (Å²) >= 11 is 0. The van der Waals surface area contributed by atoms with Crippen molar-refractivity contribution in [2.75, 3.05) is 26.0 Å². The van der Waals surface area contributed by atoms with Gasteiger partial charge in [-0.25, -0.2) is 0 Å². The SMILES string of the molecule is CC(C)CC(C)OCC(O)CNCCC(C)S(C)=O. The van der Waals surface area contributed by atoms with Gasteiger partial charge >= 0.3 is 0 Å². The van der Waals surface area contributed by atoms with E-state index in [1.165, 1.54) is 0 Å². The second-order valence-electron chi connectivity index (χ2n) is 5.73. The molecule has 0 aliphatic carbocycles. The molecule has 0 heterocycles. The monoisotopic (exact) mass is 293 g/mol. The maximum Gasteiger partial charge on any atom is 0.0897 e. The lowest BCUT2D eigenvalue weighted by atomic mass is 10.1. The number of aliphatic hydroxyl groups excluding tert-OH is 1. The zero-order valence-corrected chi connectivity index (χ0v) is 13.8. The van der Waals surface area contributed by atoms with Crippen molar-refractivity contribution >= 4 is 10.8 Å². The molecule has 4 atom stereocenters. The molecule has 4 unspecified atom stereocenters. The topological polar surface area (TPSA) is 58.6 Å². The number of hydrogen-bond acceptors (Lipinski definition) is 4. The molecule has 0 saturated heterocycles. The number of aliphatic hydroxyl groups is 1. The molecular weight excluding hydrogens is 262 g/mol. The Morgan fingerprint density at radius 1 is 1.26 bits per heavy atom. The van der Waals surface area contributed by atoms with Gasteiger partial charge in [0.25, 0.3) is 0 Å². The number of rotatable bonds is 11. The molecular formula is C14H31NO3S. The quantitative estimate of drug-likeness (QED) is 0.567. The maximum atomic E-state index is 11.2. The van der Waals surface area contributed by atoms with Gasteiger partial charge in [-0.3, -0.25) is 4.21 Å². The van der Waals surface area contributed by atoms with Crippen molar-refractivity contribution in [1.82, 2.24) is 5.32 Å². The summed E-state index contributed by atoms with van der Waals surface area (Å²) in [5.74, 6) is 0.613. The molecule has 0 fully saturated rings. The lowest BCUT2D eigenvalue weighted by Gasteiger charge is -2.18. The summed E-state index contributed by atoms with van der Waals surface area (Å²) in [6.45, 7) is 10.0. The van der Waals surface area contributed by atoms with Crippen molar-refractivity contribution in [2.45, 2.75) is 58.0 Å². The highest BCUT2D eigenvalue weighted by Crippen LogP contribution is 2.07. The van der Waals surface area contributed by atoms with E-state index in [1.54, 1.807) is 6.26 Å². The average molecular weight is 293 g/mol. The van der Waals surface area contributed by atoms with Crippen LogP contribution in [0.1, 0.15) is 40.5 Å². The highest BCUT2D eigenvalue weighted by atomic mass is 32.2. The van der Waals surface area contributed by atoms with Gasteiger partial charge in [-0.1, -0.05) is 20.8 Å². The summed E-state index contributed by atoms with van der Waals surface area (Å²) in [5, 5.41) is 13.1. The van der Waals surface area contributed by atoms with Crippen molar-refractivity contribution in [3.63, 3.8) is 0 Å². The third-order valence-corrected chi connectivity index (χ3v) is 4.42. The predicted molar refractivity (Wildman–Crippen MR) is 81.9 cm³/mol. The normalized spacial score (nSPS) is 18.3. The second-order valence-corrected chi connectivity index (χ2v) is 7.53. The molecule has 0 aliphatic heterocycles. The van der Waals surface area contributed by atoms with E-state index in [-0.39, 0.29) is 11.4 Å². The van der Waals surface area contributed by atoms with Crippen LogP contribution in [-0.2, 0) is 15.5 Å². The predicted octanol–water partition coefficient (Wildman–Crippen LogP) is 1.55. The molecule has 0 rings (SSSR count). The van der Waals surface area contributed by atoms with Crippen LogP contribution in [0.25, 0.3) is 0 Å². The molecule has 19 heavy (non-hydrogen) atoms. The van der Waals surface area contributed by atoms with Crippen molar-refractivity contribution in [3.8, 4) is 0 Å². The van der Waals surface area contributed by atoms with Gasteiger partial charge in [-0.05, 0) is 32.2 Å². The smallest absolute Gasteiger partial charge is 0.0897 e. The van der Waals surface area contributed by atoms with Crippen LogP contribution in [0.4, 0.5) is 0 Å². The van der Waals surface area contributed by atoms with Gasteiger partial charge in [0.1, 0.15) is 0 Å². The fraction of sp³-hybridized carbons (Fsp3) is 1.00. The first-order chi connectivity index (χ1) is 8.82. The van der Waals surface area contributed by atoms with Crippen LogP contribution in [-0.4, -0.2) is 52.7 Å². The van der Waals surface area contributed by atoms with E-state index in [0.29, 0.717) is 19.1 Å². The molecule has 0 aliphatic rings. The van der Waals surface area contributed by atoms with Crippen molar-refractivity contribution in [1.29, 1.82) is 0 Å². The van der Waals surface area contributed by atoms with Crippen LogP contribution in [0.15, 0.2) is 0 Å². The summed E-state index contributed by atoms with van der Waals surface area (Å²) in [6, 6.07) is 0. The van der Waals surface area contributed by atoms with Crippen LogP contribution in [0.2, 0.25) is 0 Å². The van der Waals surface area contributed by atoms with E-state index in [4.69, 9.17) is 4.74 Å². The summed E-state index contributed by atoms with van der Waals surface area (Å²) < 4.78 is 16.7. The minimum Gasteiger partial charge on any atom is -0.389 e. The highest BCUT2D eigenvalue weighted by Gasteiger charge is 2.10. The fourth-order valence-electron chi connectivity index (χ4n) is 1.81. The molecule has 0 aromatic heterocycles. The molecule has 4 nitrogen and oxygen atoms in total. The molecule has 0 aromatic rings. The minimum atomic E-state index is -0.767. The summed E-state index contributed by atoms with van der Waals surface area (Å²) in [4.78, 5) is 0. The van der Waals surface area contributed by atoms with E-state index in [9.17, 15) is 9.32 Å². The molecule has 0 aromatic carbocycles. The summed E-state index contributed by atoms with van der Waals surface area (Å²) in [6.07, 6.45) is 3.32. The standard InChI is InChI=1S/C14H31NO3S/c1-11(2)8-12(3)18-10-14(16)9-15-7-6-13(4)19(5)17/h11-16H,6-10H2,1-5H3. The van der Waals surface area contributed by atoms with Crippen LogP contribution in [0.5, 0.6) is 0 Å². The molecule has 0 amide bonds. The molecule has 0 spiro atoms. The minimum absolute atomic E-state index is 0.192. The Kier molecular flexibility index (Phi) is 10.8. The van der Waals surface area contributed by atoms with Crippen LogP contribution in [0, 0.1) is 5.92 Å². The van der Waals surface area contributed by atoms with Crippen LogP contribution < -0.4 is 5.32 Å². The first-order valence-electron chi connectivity index (χ1n) is 7.15. The van der Waals surface area contributed by atoms with E-state index >= 15 is 0 Å². The zero-order valence-electron chi connectivity index (χ0n) is 13.0. The Morgan fingerprint density at radius 3 is 2.42 bits per heavy atom. The van der Waals surface area contributed by atoms with Crippen molar-refractivity contribution in [3.05, 3.63) is 0 Å². The van der Waals surface area contributed by atoms with Gasteiger partial charge in [-0.15, -0.1) is 0 Å². The molecule has 5 heteroatoms. The van der Waals surface area contributed by atoms with E-state index in [2.05, 4.69) is 19.2 Å². The number of ether oxygens (including phenoxy) is 1. The third kappa shape index (κ3) is 11.5. The van der Waals surface area contributed by atoms with E-state index < -0.39 is 16.9 Å². The lowest BCUT2D eigenvalue weighted by Crippen LogP contribution is -2.33. The van der Waals surface area contributed by atoms with Crippen LogP contribution in [0.3, 0.4) is 0 Å². The summed E-state index contributed by atoms with van der Waals surface area (Å²) in [5.41, 5.74) is 0. The zero-order chi connectivity index (χ0) is 14.8. The van der Waals surface area contributed by atoms with Gasteiger partial charge in [0.2, 0.25) is 0 Å². The van der Waals surface area contributed by atoms with Gasteiger partial charge in [0.15, 0.2) is 0 Å². The van der Waals surface area contributed by atoms with Gasteiger partial charge in [0, 0.05) is 28.9 Å². The van der Waals surface area contributed by atoms with Crippen LogP contribution >= 0.6 is 0 Å². The Morgan fingerprint density at radius 2 is 1.89 bits per heavy atom. The second kappa shape index (κ2) is 10.8. The van der Waals surface area contributed by atoms with E-state index in [0.717, 1.165) is 19.4 Å². The highest BCUT2D eigenvalue weighted by molar-refractivity contribution is 7.84. The molecule has 0 saturated carbocycles.